The van der Waals surface area contributed by atoms with Crippen LogP contribution in [0.4, 0.5) is 0 Å². The van der Waals surface area contributed by atoms with Crippen molar-refractivity contribution < 1.29 is 80.2 Å². The molecule has 0 aliphatic heterocycles. The number of hydrogen-bond acceptors (Lipinski definition) is 15. The van der Waals surface area contributed by atoms with E-state index in [9.17, 15) is 43.2 Å². The smallest absolute Gasteiger partial charge is 0.462 e. The van der Waals surface area contributed by atoms with Gasteiger partial charge in [-0.15, -0.1) is 0 Å². The maximum atomic E-state index is 13.0. The lowest BCUT2D eigenvalue weighted by molar-refractivity contribution is -0.161. The number of aliphatic hydroxyl groups excluding tert-OH is 1. The van der Waals surface area contributed by atoms with Gasteiger partial charge in [0.15, 0.2) is 12.2 Å². The molecule has 0 bridgehead atoms. The highest BCUT2D eigenvalue weighted by atomic mass is 31.2. The van der Waals surface area contributed by atoms with Crippen molar-refractivity contribution in [2.45, 2.75) is 375 Å². The van der Waals surface area contributed by atoms with Gasteiger partial charge in [0.25, 0.3) is 0 Å². The van der Waals surface area contributed by atoms with Crippen LogP contribution in [0, 0.1) is 23.7 Å². The van der Waals surface area contributed by atoms with Gasteiger partial charge < -0.3 is 33.8 Å². The summed E-state index contributed by atoms with van der Waals surface area (Å²) < 4.78 is 68.3. The van der Waals surface area contributed by atoms with E-state index in [0.29, 0.717) is 25.7 Å². The third-order valence-corrected chi connectivity index (χ3v) is 18.8. The van der Waals surface area contributed by atoms with Crippen LogP contribution in [-0.4, -0.2) is 96.7 Å². The standard InChI is InChI=1S/C72H140O17P2/c1-9-65(8)51-43-35-30-31-39-47-55-72(77)89-68(59-83-70(75)53-45-37-28-23-22-26-34-42-50-64(6)7)61-87-91(80,81)85-57-66(73)56-84-90(78,79)86-60-67(58-82-69(74)52-44-36-27-21-17-19-25-33-41-49-63(4)5)88-71(76)54-46-38-29-20-16-14-12-10-11-13-15-18-24-32-40-48-62(2)3/h62-68,73H,9-61H2,1-8H3,(H,78,79)(H,80,81)/t65?,66?,67-,68-/m1/s1. The molecular weight excluding hydrogens is 1200 g/mol. The first-order valence-corrected chi connectivity index (χ1v) is 40.2. The number of aliphatic hydroxyl groups is 1. The molecule has 0 amide bonds. The zero-order valence-corrected chi connectivity index (χ0v) is 61.3. The van der Waals surface area contributed by atoms with E-state index in [1.807, 2.05) is 0 Å². The number of ether oxygens (including phenoxy) is 4. The average Bonchev–Trinajstić information content (AvgIpc) is 3.10. The van der Waals surface area contributed by atoms with Crippen molar-refractivity contribution in [3.05, 3.63) is 0 Å². The van der Waals surface area contributed by atoms with Crippen molar-refractivity contribution >= 4 is 39.5 Å². The molecular formula is C72H140O17P2. The van der Waals surface area contributed by atoms with Crippen LogP contribution in [0.2, 0.25) is 0 Å². The van der Waals surface area contributed by atoms with E-state index in [1.165, 1.54) is 161 Å². The summed E-state index contributed by atoms with van der Waals surface area (Å²) in [7, 11) is -9.91. The summed E-state index contributed by atoms with van der Waals surface area (Å²) in [6, 6.07) is 0. The molecule has 4 unspecified atom stereocenters. The van der Waals surface area contributed by atoms with Crippen LogP contribution in [0.5, 0.6) is 0 Å². The zero-order chi connectivity index (χ0) is 67.5. The lowest BCUT2D eigenvalue weighted by atomic mass is 10.00. The van der Waals surface area contributed by atoms with Gasteiger partial charge in [-0.3, -0.25) is 37.3 Å². The SMILES string of the molecule is CCC(C)CCCCCCCCC(=O)O[C@H](COC(=O)CCCCCCCCCCC(C)C)COP(=O)(O)OCC(O)COP(=O)(O)OC[C@@H](COC(=O)CCCCCCCCCCCC(C)C)OC(=O)CCCCCCCCCCCCCCCCCC(C)C. The van der Waals surface area contributed by atoms with E-state index in [4.69, 9.17) is 37.0 Å². The maximum absolute atomic E-state index is 13.0. The summed E-state index contributed by atoms with van der Waals surface area (Å²) >= 11 is 0. The van der Waals surface area contributed by atoms with Crippen LogP contribution in [0.15, 0.2) is 0 Å². The number of unbranched alkanes of at least 4 members (excludes halogenated alkanes) is 34. The molecule has 0 heterocycles. The molecule has 0 radical (unpaired) electrons. The van der Waals surface area contributed by atoms with Gasteiger partial charge in [0.2, 0.25) is 0 Å². The summed E-state index contributed by atoms with van der Waals surface area (Å²) in [5.41, 5.74) is 0. The third-order valence-electron chi connectivity index (χ3n) is 16.9. The minimum atomic E-state index is -4.95. The molecule has 0 aromatic rings. The van der Waals surface area contributed by atoms with Gasteiger partial charge in [-0.2, -0.15) is 0 Å². The summed E-state index contributed by atoms with van der Waals surface area (Å²) in [5.74, 6) is 0.863. The Bertz CT molecular complexity index is 1800. The topological polar surface area (TPSA) is 237 Å². The van der Waals surface area contributed by atoms with Gasteiger partial charge in [-0.05, 0) is 49.4 Å². The second-order valence-electron chi connectivity index (χ2n) is 27.6. The molecule has 17 nitrogen and oxygen atoms in total. The van der Waals surface area contributed by atoms with Gasteiger partial charge in [0, 0.05) is 25.7 Å². The molecule has 0 saturated heterocycles. The molecule has 3 N–H and O–H groups in total. The highest BCUT2D eigenvalue weighted by Gasteiger charge is 2.30. The highest BCUT2D eigenvalue weighted by Crippen LogP contribution is 2.45. The minimum Gasteiger partial charge on any atom is -0.462 e. The van der Waals surface area contributed by atoms with Crippen molar-refractivity contribution in [3.63, 3.8) is 0 Å². The lowest BCUT2D eigenvalue weighted by Crippen LogP contribution is -2.30. The molecule has 0 spiro atoms. The molecule has 0 aromatic carbocycles. The summed E-state index contributed by atoms with van der Waals surface area (Å²) in [4.78, 5) is 72.6. The summed E-state index contributed by atoms with van der Waals surface area (Å²) in [6.07, 6.45) is 44.6. The van der Waals surface area contributed by atoms with Gasteiger partial charge in [-0.25, -0.2) is 9.13 Å². The number of hydrogen-bond donors (Lipinski definition) is 3. The fraction of sp³-hybridized carbons (Fsp3) is 0.944. The Balaban J connectivity index is 5.23. The van der Waals surface area contributed by atoms with E-state index < -0.39 is 97.5 Å². The molecule has 0 aliphatic rings. The normalized spacial score (nSPS) is 14.5. The van der Waals surface area contributed by atoms with E-state index >= 15 is 0 Å². The maximum Gasteiger partial charge on any atom is 0.472 e. The molecule has 0 aromatic heterocycles. The predicted molar refractivity (Wildman–Crippen MR) is 367 cm³/mol. The Hall–Kier alpha value is -1.94. The van der Waals surface area contributed by atoms with Crippen molar-refractivity contribution in [2.24, 2.45) is 23.7 Å². The molecule has 0 fully saturated rings. The third kappa shape index (κ3) is 65.1. The second-order valence-corrected chi connectivity index (χ2v) is 30.6. The van der Waals surface area contributed by atoms with E-state index in [2.05, 4.69) is 55.4 Å². The monoisotopic (exact) mass is 1340 g/mol. The Morgan fingerprint density at radius 2 is 0.527 bits per heavy atom. The van der Waals surface area contributed by atoms with Crippen LogP contribution in [0.3, 0.4) is 0 Å². The Labute approximate surface area is 556 Å². The van der Waals surface area contributed by atoms with Gasteiger partial charge in [-0.1, -0.05) is 306 Å². The quantitative estimate of drug-likeness (QED) is 0.0222. The van der Waals surface area contributed by atoms with Gasteiger partial charge in [0.1, 0.15) is 19.3 Å². The Morgan fingerprint density at radius 1 is 0.308 bits per heavy atom. The van der Waals surface area contributed by atoms with E-state index in [0.717, 1.165) is 114 Å². The minimum absolute atomic E-state index is 0.102. The number of esters is 4. The number of rotatable bonds is 69. The second kappa shape index (κ2) is 61.6. The Morgan fingerprint density at radius 3 is 0.780 bits per heavy atom. The molecule has 19 heteroatoms. The molecule has 0 saturated carbocycles. The fourth-order valence-corrected chi connectivity index (χ4v) is 12.4. The first-order valence-electron chi connectivity index (χ1n) is 37.2. The average molecular weight is 1340 g/mol. The van der Waals surface area contributed by atoms with Crippen LogP contribution in [0.1, 0.15) is 357 Å². The van der Waals surface area contributed by atoms with Crippen molar-refractivity contribution in [1.29, 1.82) is 0 Å². The summed E-state index contributed by atoms with van der Waals surface area (Å²) in [6.45, 7) is 14.1. The van der Waals surface area contributed by atoms with Crippen molar-refractivity contribution in [2.75, 3.05) is 39.6 Å². The first-order chi connectivity index (χ1) is 43.6. The first kappa shape index (κ1) is 89.1. The molecule has 0 aliphatic carbocycles. The molecule has 91 heavy (non-hydrogen) atoms. The molecule has 0 rings (SSSR count). The van der Waals surface area contributed by atoms with Crippen LogP contribution < -0.4 is 0 Å². The lowest BCUT2D eigenvalue weighted by Gasteiger charge is -2.21. The Kier molecular flexibility index (Phi) is 60.3. The number of carbonyl (C=O) groups excluding carboxylic acids is 4. The largest absolute Gasteiger partial charge is 0.472 e. The zero-order valence-electron chi connectivity index (χ0n) is 59.5. The van der Waals surface area contributed by atoms with E-state index in [1.54, 1.807) is 0 Å². The fourth-order valence-electron chi connectivity index (χ4n) is 10.8. The van der Waals surface area contributed by atoms with Crippen molar-refractivity contribution in [1.82, 2.24) is 0 Å². The summed E-state index contributed by atoms with van der Waals surface area (Å²) in [5, 5.41) is 10.6. The van der Waals surface area contributed by atoms with Crippen LogP contribution in [0.25, 0.3) is 0 Å². The number of carbonyl (C=O) groups is 4. The molecule has 540 valence electrons. The van der Waals surface area contributed by atoms with Crippen LogP contribution in [-0.2, 0) is 65.4 Å². The predicted octanol–water partition coefficient (Wildman–Crippen LogP) is 20.5. The van der Waals surface area contributed by atoms with Gasteiger partial charge in [0.05, 0.1) is 26.4 Å². The number of phosphoric ester groups is 2. The highest BCUT2D eigenvalue weighted by molar-refractivity contribution is 7.47. The number of phosphoric acid groups is 2. The van der Waals surface area contributed by atoms with Crippen LogP contribution >= 0.6 is 15.6 Å². The van der Waals surface area contributed by atoms with E-state index in [-0.39, 0.29) is 25.7 Å². The molecule has 6 atom stereocenters. The van der Waals surface area contributed by atoms with Gasteiger partial charge >= 0.3 is 39.5 Å². The van der Waals surface area contributed by atoms with Crippen molar-refractivity contribution in [3.8, 4) is 0 Å².